The van der Waals surface area contributed by atoms with E-state index >= 15 is 0 Å². The zero-order valence-electron chi connectivity index (χ0n) is 10.4. The lowest BCUT2D eigenvalue weighted by Gasteiger charge is -2.25. The van der Waals surface area contributed by atoms with Crippen molar-refractivity contribution >= 4 is 22.4 Å². The molecule has 1 saturated heterocycles. The first kappa shape index (κ1) is 12.2. The lowest BCUT2D eigenvalue weighted by atomic mass is 10.1. The van der Waals surface area contributed by atoms with Crippen LogP contribution >= 0.6 is 11.3 Å². The highest BCUT2D eigenvalue weighted by atomic mass is 32.1. The van der Waals surface area contributed by atoms with Gasteiger partial charge in [-0.3, -0.25) is 0 Å². The second-order valence-corrected chi connectivity index (χ2v) is 5.51. The maximum atomic E-state index is 10.8. The van der Waals surface area contributed by atoms with Crippen LogP contribution in [0.15, 0.2) is 17.6 Å². The molecule has 2 aromatic rings. The quantitative estimate of drug-likeness (QED) is 0.905. The molecule has 2 aromatic heterocycles. The third-order valence-electron chi connectivity index (χ3n) is 3.33. The number of thiazole rings is 1. The first-order valence-corrected chi connectivity index (χ1v) is 7.24. The van der Waals surface area contributed by atoms with Gasteiger partial charge in [0.1, 0.15) is 5.69 Å². The molecule has 0 atom stereocenters. The second-order valence-electron chi connectivity index (χ2n) is 4.67. The molecule has 100 valence electrons. The Labute approximate surface area is 114 Å². The van der Waals surface area contributed by atoms with Gasteiger partial charge < -0.3 is 15.0 Å². The molecule has 0 aromatic carbocycles. The Bertz CT molecular complexity index is 584. The summed E-state index contributed by atoms with van der Waals surface area (Å²) in [5.41, 5.74) is 1.87. The monoisotopic (exact) mass is 277 g/mol. The van der Waals surface area contributed by atoms with Crippen molar-refractivity contribution in [3.8, 4) is 11.3 Å². The van der Waals surface area contributed by atoms with Crippen LogP contribution in [0.3, 0.4) is 0 Å². The molecule has 0 unspecified atom stereocenters. The number of hydrogen-bond acceptors (Lipinski definition) is 4. The van der Waals surface area contributed by atoms with Crippen LogP contribution in [0.4, 0.5) is 5.13 Å². The van der Waals surface area contributed by atoms with Crippen molar-refractivity contribution in [1.29, 1.82) is 0 Å². The number of aromatic nitrogens is 2. The number of carboxylic acid groups (broad SMARTS) is 1. The Morgan fingerprint density at radius 3 is 2.84 bits per heavy atom. The topological polar surface area (TPSA) is 69.2 Å². The van der Waals surface area contributed by atoms with E-state index in [0.29, 0.717) is 0 Å². The van der Waals surface area contributed by atoms with Gasteiger partial charge in [0.2, 0.25) is 0 Å². The molecule has 0 aliphatic carbocycles. The lowest BCUT2D eigenvalue weighted by Crippen LogP contribution is -2.29. The largest absolute Gasteiger partial charge is 0.477 e. The van der Waals surface area contributed by atoms with Gasteiger partial charge in [0.15, 0.2) is 5.13 Å². The van der Waals surface area contributed by atoms with Crippen molar-refractivity contribution in [2.24, 2.45) is 0 Å². The van der Waals surface area contributed by atoms with E-state index in [1.807, 2.05) is 5.38 Å². The highest BCUT2D eigenvalue weighted by Crippen LogP contribution is 2.29. The van der Waals surface area contributed by atoms with Gasteiger partial charge in [-0.1, -0.05) is 0 Å². The molecule has 1 aliphatic rings. The highest BCUT2D eigenvalue weighted by molar-refractivity contribution is 7.14. The van der Waals surface area contributed by atoms with Gasteiger partial charge in [-0.25, -0.2) is 9.78 Å². The molecule has 3 rings (SSSR count). The summed E-state index contributed by atoms with van der Waals surface area (Å²) in [5.74, 6) is -0.947. The normalized spacial score (nSPS) is 15.7. The van der Waals surface area contributed by atoms with E-state index in [2.05, 4.69) is 14.9 Å². The fourth-order valence-electron chi connectivity index (χ4n) is 2.29. The highest BCUT2D eigenvalue weighted by Gasteiger charge is 2.16. The summed E-state index contributed by atoms with van der Waals surface area (Å²) in [6, 6.07) is 1.62. The van der Waals surface area contributed by atoms with Crippen LogP contribution in [0.25, 0.3) is 11.3 Å². The molecular formula is C13H15N3O2S. The molecule has 0 bridgehead atoms. The van der Waals surface area contributed by atoms with E-state index < -0.39 is 5.97 Å². The Morgan fingerprint density at radius 2 is 2.16 bits per heavy atom. The van der Waals surface area contributed by atoms with E-state index in [1.165, 1.54) is 19.3 Å². The van der Waals surface area contributed by atoms with Crippen molar-refractivity contribution in [2.45, 2.75) is 19.3 Å². The molecular weight excluding hydrogens is 262 g/mol. The van der Waals surface area contributed by atoms with Crippen LogP contribution in [0, 0.1) is 0 Å². The summed E-state index contributed by atoms with van der Waals surface area (Å²) in [7, 11) is 0. The van der Waals surface area contributed by atoms with Crippen molar-refractivity contribution < 1.29 is 9.90 Å². The third-order valence-corrected chi connectivity index (χ3v) is 4.23. The summed E-state index contributed by atoms with van der Waals surface area (Å²) in [4.78, 5) is 20.5. The molecule has 0 radical (unpaired) electrons. The van der Waals surface area contributed by atoms with Crippen LogP contribution in [-0.2, 0) is 0 Å². The minimum Gasteiger partial charge on any atom is -0.477 e. The summed E-state index contributed by atoms with van der Waals surface area (Å²) in [6.45, 7) is 2.14. The molecule has 5 nitrogen and oxygen atoms in total. The fraction of sp³-hybridized carbons (Fsp3) is 0.385. The zero-order valence-corrected chi connectivity index (χ0v) is 11.2. The first-order valence-electron chi connectivity index (χ1n) is 6.36. The van der Waals surface area contributed by atoms with Crippen LogP contribution in [0.5, 0.6) is 0 Å². The average molecular weight is 277 g/mol. The fourth-order valence-corrected chi connectivity index (χ4v) is 3.18. The summed E-state index contributed by atoms with van der Waals surface area (Å²) >= 11 is 1.62. The molecule has 0 spiro atoms. The number of hydrogen-bond donors (Lipinski definition) is 2. The van der Waals surface area contributed by atoms with Gasteiger partial charge >= 0.3 is 5.97 Å². The predicted octanol–water partition coefficient (Wildman–Crippen LogP) is 2.83. The number of carboxylic acids is 1. The van der Waals surface area contributed by atoms with Crippen molar-refractivity contribution in [1.82, 2.24) is 9.97 Å². The van der Waals surface area contributed by atoms with Gasteiger partial charge in [0.05, 0.1) is 5.69 Å². The van der Waals surface area contributed by atoms with E-state index in [1.54, 1.807) is 23.6 Å². The van der Waals surface area contributed by atoms with Gasteiger partial charge in [-0.15, -0.1) is 11.3 Å². The van der Waals surface area contributed by atoms with Gasteiger partial charge in [-0.05, 0) is 25.3 Å². The number of nitrogens with zero attached hydrogens (tertiary/aromatic N) is 2. The molecule has 3 heterocycles. The molecule has 2 N–H and O–H groups in total. The summed E-state index contributed by atoms with van der Waals surface area (Å²) < 4.78 is 0. The first-order chi connectivity index (χ1) is 9.24. The Kier molecular flexibility index (Phi) is 3.25. The van der Waals surface area contributed by atoms with Gasteiger partial charge in [0, 0.05) is 30.2 Å². The number of anilines is 1. The Balaban J connectivity index is 1.81. The Hall–Kier alpha value is -1.82. The maximum absolute atomic E-state index is 10.8. The van der Waals surface area contributed by atoms with Crippen LogP contribution in [0.1, 0.15) is 29.8 Å². The number of nitrogens with one attached hydrogen (secondary N) is 1. The van der Waals surface area contributed by atoms with Crippen LogP contribution in [0.2, 0.25) is 0 Å². The molecule has 6 heteroatoms. The molecule has 1 fully saturated rings. The van der Waals surface area contributed by atoms with Crippen LogP contribution < -0.4 is 4.90 Å². The number of H-pyrrole nitrogens is 1. The number of piperidine rings is 1. The molecule has 0 amide bonds. The Morgan fingerprint density at radius 1 is 1.37 bits per heavy atom. The second kappa shape index (κ2) is 5.05. The number of aromatic amines is 1. The molecule has 1 aliphatic heterocycles. The van der Waals surface area contributed by atoms with Crippen LogP contribution in [-0.4, -0.2) is 34.1 Å². The molecule has 0 saturated carbocycles. The number of carbonyl (C=O) groups is 1. The van der Waals surface area contributed by atoms with E-state index in [-0.39, 0.29) is 5.69 Å². The number of rotatable bonds is 3. The molecule has 19 heavy (non-hydrogen) atoms. The lowest BCUT2D eigenvalue weighted by molar-refractivity contribution is 0.0691. The van der Waals surface area contributed by atoms with Crippen molar-refractivity contribution in [3.05, 3.63) is 23.3 Å². The van der Waals surface area contributed by atoms with E-state index in [0.717, 1.165) is 29.5 Å². The summed E-state index contributed by atoms with van der Waals surface area (Å²) in [5, 5.41) is 11.9. The van der Waals surface area contributed by atoms with E-state index in [4.69, 9.17) is 5.11 Å². The summed E-state index contributed by atoms with van der Waals surface area (Å²) in [6.07, 6.45) is 5.44. The standard InChI is InChI=1S/C13H15N3O2S/c17-12(18)10-6-9(7-14-10)11-8-19-13(15-11)16-4-2-1-3-5-16/h6-8,14H,1-5H2,(H,17,18). The van der Waals surface area contributed by atoms with E-state index in [9.17, 15) is 4.79 Å². The maximum Gasteiger partial charge on any atom is 0.352 e. The minimum absolute atomic E-state index is 0.197. The SMILES string of the molecule is O=C(O)c1cc(-c2csc(N3CCCCC3)n2)c[nH]1. The van der Waals surface area contributed by atoms with Crippen molar-refractivity contribution in [2.75, 3.05) is 18.0 Å². The number of aromatic carboxylic acids is 1. The average Bonchev–Trinajstić information content (AvgIpc) is 3.09. The van der Waals surface area contributed by atoms with Gasteiger partial charge in [0.25, 0.3) is 0 Å². The van der Waals surface area contributed by atoms with Crippen molar-refractivity contribution in [3.63, 3.8) is 0 Å². The zero-order chi connectivity index (χ0) is 13.2. The predicted molar refractivity (Wildman–Crippen MR) is 74.9 cm³/mol. The third kappa shape index (κ3) is 2.49. The minimum atomic E-state index is -0.947. The van der Waals surface area contributed by atoms with Gasteiger partial charge in [-0.2, -0.15) is 0 Å². The smallest absolute Gasteiger partial charge is 0.352 e.